The molecule has 0 unspecified atom stereocenters. The molecule has 2 N–H and O–H groups in total. The number of fused-ring (bicyclic) bond motifs is 3. The predicted octanol–water partition coefficient (Wildman–Crippen LogP) is 4.43. The van der Waals surface area contributed by atoms with Crippen LogP contribution in [0, 0.1) is 5.82 Å². The van der Waals surface area contributed by atoms with Crippen LogP contribution in [0.2, 0.25) is 5.02 Å². The van der Waals surface area contributed by atoms with Gasteiger partial charge < -0.3 is 15.0 Å². The second-order valence-corrected chi connectivity index (χ2v) is 5.92. The Balaban J connectivity index is 1.90. The first-order valence-electron chi connectivity index (χ1n) is 7.65. The van der Waals surface area contributed by atoms with Crippen LogP contribution in [-0.4, -0.2) is 28.0 Å². The molecule has 2 aromatic carbocycles. The first-order valence-corrected chi connectivity index (χ1v) is 8.03. The van der Waals surface area contributed by atoms with Crippen molar-refractivity contribution in [3.8, 4) is 0 Å². The van der Waals surface area contributed by atoms with E-state index in [0.29, 0.717) is 33.4 Å². The Morgan fingerprint density at radius 3 is 2.92 bits per heavy atom. The van der Waals surface area contributed by atoms with E-state index in [9.17, 15) is 9.18 Å². The number of methoxy groups -OCH3 is 1. The summed E-state index contributed by atoms with van der Waals surface area (Å²) in [5.41, 5.74) is 2.09. The summed E-state index contributed by atoms with van der Waals surface area (Å²) in [5, 5.41) is 3.78. The van der Waals surface area contributed by atoms with Crippen LogP contribution in [-0.2, 0) is 4.74 Å². The number of carbonyl (C=O) groups is 1. The lowest BCUT2D eigenvalue weighted by Gasteiger charge is -2.06. The molecule has 0 aliphatic rings. The normalized spacial score (nSPS) is 11.0. The molecule has 0 amide bonds. The molecule has 6 nitrogen and oxygen atoms in total. The average Bonchev–Trinajstić information content (AvgIpc) is 3.06. The zero-order valence-electron chi connectivity index (χ0n) is 13.5. The molecule has 0 bridgehead atoms. The fraction of sp³-hybridized carbons (Fsp3) is 0.0556. The molecule has 0 atom stereocenters. The molecule has 8 heteroatoms. The molecule has 26 heavy (non-hydrogen) atoms. The third-order valence-corrected chi connectivity index (χ3v) is 4.27. The number of H-pyrrole nitrogens is 1. The van der Waals surface area contributed by atoms with Gasteiger partial charge in [0.05, 0.1) is 39.9 Å². The molecular formula is C18H12ClFN4O2. The fourth-order valence-electron chi connectivity index (χ4n) is 2.78. The van der Waals surface area contributed by atoms with Crippen LogP contribution >= 0.6 is 11.6 Å². The monoisotopic (exact) mass is 370 g/mol. The Morgan fingerprint density at radius 1 is 1.31 bits per heavy atom. The second-order valence-electron chi connectivity index (χ2n) is 5.52. The van der Waals surface area contributed by atoms with E-state index in [2.05, 4.69) is 20.3 Å². The molecule has 130 valence electrons. The quantitative estimate of drug-likeness (QED) is 0.521. The van der Waals surface area contributed by atoms with Gasteiger partial charge in [0.15, 0.2) is 0 Å². The van der Waals surface area contributed by atoms with Crippen molar-refractivity contribution in [2.24, 2.45) is 0 Å². The zero-order valence-corrected chi connectivity index (χ0v) is 14.3. The molecule has 4 aromatic rings. The zero-order chi connectivity index (χ0) is 18.3. The average molecular weight is 371 g/mol. The number of para-hydroxylation sites is 1. The van der Waals surface area contributed by atoms with E-state index in [1.807, 2.05) is 6.07 Å². The van der Waals surface area contributed by atoms with Crippen molar-refractivity contribution >= 4 is 51.1 Å². The molecule has 0 aliphatic heterocycles. The molecule has 0 radical (unpaired) electrons. The number of benzene rings is 2. The standard InChI is InChI=1S/C18H12ClFN4O2/c1-26-17(25)10-8-13-15(9-4-3-7-21-14(9)10)23-18(22-13)24-16-11(19)5-2-6-12(16)20/h2-8H,1H3,(H2,22,23,24). The van der Waals surface area contributed by atoms with Crippen molar-refractivity contribution in [3.05, 3.63) is 59.0 Å². The van der Waals surface area contributed by atoms with E-state index in [1.54, 1.807) is 24.4 Å². The number of hydrogen-bond acceptors (Lipinski definition) is 5. The number of nitrogens with one attached hydrogen (secondary N) is 2. The molecule has 0 fully saturated rings. The third-order valence-electron chi connectivity index (χ3n) is 3.96. The number of nitrogens with zero attached hydrogens (tertiary/aromatic N) is 2. The van der Waals surface area contributed by atoms with Crippen LogP contribution in [0.25, 0.3) is 21.9 Å². The Labute approximate surface area is 152 Å². The summed E-state index contributed by atoms with van der Waals surface area (Å²) in [6.07, 6.45) is 1.59. The number of imidazole rings is 1. The third kappa shape index (κ3) is 2.62. The topological polar surface area (TPSA) is 79.9 Å². The van der Waals surface area contributed by atoms with Crippen LogP contribution in [0.5, 0.6) is 0 Å². The van der Waals surface area contributed by atoms with Gasteiger partial charge in [0.1, 0.15) is 5.82 Å². The lowest BCUT2D eigenvalue weighted by Crippen LogP contribution is -2.03. The summed E-state index contributed by atoms with van der Waals surface area (Å²) in [6, 6.07) is 9.54. The highest BCUT2D eigenvalue weighted by Crippen LogP contribution is 2.31. The number of ether oxygens (including phenoxy) is 1. The Hall–Kier alpha value is -3.19. The molecule has 0 aliphatic carbocycles. The molecule has 2 heterocycles. The number of anilines is 2. The smallest absolute Gasteiger partial charge is 0.340 e. The van der Waals surface area contributed by atoms with Gasteiger partial charge in [-0.15, -0.1) is 0 Å². The minimum Gasteiger partial charge on any atom is -0.465 e. The van der Waals surface area contributed by atoms with Gasteiger partial charge >= 0.3 is 5.97 Å². The molecule has 0 saturated heterocycles. The number of pyridine rings is 1. The predicted molar refractivity (Wildman–Crippen MR) is 97.4 cm³/mol. The Kier molecular flexibility index (Phi) is 3.93. The van der Waals surface area contributed by atoms with Gasteiger partial charge in [-0.1, -0.05) is 17.7 Å². The fourth-order valence-corrected chi connectivity index (χ4v) is 2.99. The summed E-state index contributed by atoms with van der Waals surface area (Å²) < 4.78 is 18.8. The lowest BCUT2D eigenvalue weighted by molar-refractivity contribution is 0.0603. The van der Waals surface area contributed by atoms with Gasteiger partial charge in [-0.3, -0.25) is 4.98 Å². The summed E-state index contributed by atoms with van der Waals surface area (Å²) in [4.78, 5) is 23.8. The summed E-state index contributed by atoms with van der Waals surface area (Å²) >= 11 is 6.04. The van der Waals surface area contributed by atoms with Gasteiger partial charge in [0, 0.05) is 11.6 Å². The van der Waals surface area contributed by atoms with Crippen LogP contribution in [0.3, 0.4) is 0 Å². The van der Waals surface area contributed by atoms with E-state index in [1.165, 1.54) is 19.2 Å². The largest absolute Gasteiger partial charge is 0.465 e. The van der Waals surface area contributed by atoms with Gasteiger partial charge in [-0.05, 0) is 30.3 Å². The van der Waals surface area contributed by atoms with Crippen molar-refractivity contribution in [1.29, 1.82) is 0 Å². The number of aromatic amines is 1. The van der Waals surface area contributed by atoms with E-state index >= 15 is 0 Å². The highest BCUT2D eigenvalue weighted by Gasteiger charge is 2.17. The van der Waals surface area contributed by atoms with Crippen molar-refractivity contribution in [2.75, 3.05) is 12.4 Å². The summed E-state index contributed by atoms with van der Waals surface area (Å²) in [6.45, 7) is 0. The first-order chi connectivity index (χ1) is 12.6. The van der Waals surface area contributed by atoms with E-state index in [0.717, 1.165) is 0 Å². The number of esters is 1. The second kappa shape index (κ2) is 6.27. The minimum absolute atomic E-state index is 0.115. The van der Waals surface area contributed by atoms with E-state index in [4.69, 9.17) is 16.3 Å². The van der Waals surface area contributed by atoms with Gasteiger partial charge in [-0.25, -0.2) is 14.2 Å². The van der Waals surface area contributed by atoms with Crippen LogP contribution in [0.4, 0.5) is 16.0 Å². The summed E-state index contributed by atoms with van der Waals surface area (Å²) in [5.74, 6) is -0.718. The highest BCUT2D eigenvalue weighted by molar-refractivity contribution is 6.33. The van der Waals surface area contributed by atoms with Crippen molar-refractivity contribution < 1.29 is 13.9 Å². The van der Waals surface area contributed by atoms with Crippen molar-refractivity contribution in [1.82, 2.24) is 15.0 Å². The van der Waals surface area contributed by atoms with Gasteiger partial charge in [0.2, 0.25) is 5.95 Å². The van der Waals surface area contributed by atoms with Crippen molar-refractivity contribution in [3.63, 3.8) is 0 Å². The van der Waals surface area contributed by atoms with Gasteiger partial charge in [0.25, 0.3) is 0 Å². The van der Waals surface area contributed by atoms with Crippen molar-refractivity contribution in [2.45, 2.75) is 0 Å². The first kappa shape index (κ1) is 16.3. The maximum atomic E-state index is 14.0. The lowest BCUT2D eigenvalue weighted by atomic mass is 10.1. The molecule has 0 spiro atoms. The maximum absolute atomic E-state index is 14.0. The van der Waals surface area contributed by atoms with Crippen LogP contribution in [0.1, 0.15) is 10.4 Å². The van der Waals surface area contributed by atoms with E-state index in [-0.39, 0.29) is 10.7 Å². The molecule has 0 saturated carbocycles. The minimum atomic E-state index is -0.509. The maximum Gasteiger partial charge on any atom is 0.340 e. The number of hydrogen-bond donors (Lipinski definition) is 2. The van der Waals surface area contributed by atoms with E-state index < -0.39 is 11.8 Å². The summed E-state index contributed by atoms with van der Waals surface area (Å²) in [7, 11) is 1.30. The number of rotatable bonds is 3. The number of carbonyl (C=O) groups excluding carboxylic acids is 1. The van der Waals surface area contributed by atoms with Gasteiger partial charge in [-0.2, -0.15) is 0 Å². The van der Waals surface area contributed by atoms with Crippen LogP contribution < -0.4 is 5.32 Å². The van der Waals surface area contributed by atoms with Crippen LogP contribution in [0.15, 0.2) is 42.6 Å². The molecule has 2 aromatic heterocycles. The number of aromatic nitrogens is 3. The Morgan fingerprint density at radius 2 is 2.15 bits per heavy atom. The highest BCUT2D eigenvalue weighted by atomic mass is 35.5. The molecular weight excluding hydrogens is 359 g/mol. The SMILES string of the molecule is COC(=O)c1cc2nc(Nc3c(F)cccc3Cl)[nH]c2c2cccnc12. The number of halogens is 2. The Bertz CT molecular complexity index is 1140. The molecule has 4 rings (SSSR count).